The molecule has 0 bridgehead atoms. The molecule has 0 N–H and O–H groups in total. The zero-order valence-corrected chi connectivity index (χ0v) is 37.6. The summed E-state index contributed by atoms with van der Waals surface area (Å²) >= 11 is 0. The van der Waals surface area contributed by atoms with Gasteiger partial charge in [-0.3, -0.25) is 0 Å². The van der Waals surface area contributed by atoms with E-state index in [2.05, 4.69) is 195 Å². The van der Waals surface area contributed by atoms with Gasteiger partial charge in [-0.1, -0.05) is 149 Å². The molecule has 6 aromatic carbocycles. The van der Waals surface area contributed by atoms with E-state index in [0.29, 0.717) is 0 Å². The first-order valence-electron chi connectivity index (χ1n) is 22.5. The van der Waals surface area contributed by atoms with E-state index in [0.717, 1.165) is 17.6 Å². The van der Waals surface area contributed by atoms with E-state index in [9.17, 15) is 0 Å². The van der Waals surface area contributed by atoms with Crippen molar-refractivity contribution in [3.8, 4) is 22.3 Å². The van der Waals surface area contributed by atoms with Gasteiger partial charge in [0.2, 0.25) is 0 Å². The fourth-order valence-electron chi connectivity index (χ4n) is 11.8. The van der Waals surface area contributed by atoms with Crippen molar-refractivity contribution >= 4 is 62.5 Å². The van der Waals surface area contributed by atoms with E-state index in [1.807, 2.05) is 0 Å². The van der Waals surface area contributed by atoms with Crippen LogP contribution in [-0.4, -0.2) is 12.4 Å². The Morgan fingerprint density at radius 2 is 1.18 bits per heavy atom. The van der Waals surface area contributed by atoms with E-state index in [1.54, 1.807) is 5.56 Å². The van der Waals surface area contributed by atoms with Crippen LogP contribution < -0.4 is 20.6 Å². The zero-order chi connectivity index (χ0) is 41.9. The number of hydrogen-bond donors (Lipinski definition) is 0. The number of benzene rings is 6. The molecule has 4 heteroatoms. The third kappa shape index (κ3) is 5.03. The summed E-state index contributed by atoms with van der Waals surface area (Å²) < 4.78 is 6.82. The summed E-state index contributed by atoms with van der Waals surface area (Å²) in [4.78, 5) is 5.64. The molecule has 4 heterocycles. The predicted octanol–water partition coefficient (Wildman–Crippen LogP) is 14.1. The van der Waals surface area contributed by atoms with Gasteiger partial charge < -0.3 is 14.1 Å². The molecule has 1 aliphatic carbocycles. The highest BCUT2D eigenvalue weighted by Gasteiger charge is 2.63. The zero-order valence-electron chi connectivity index (χ0n) is 37.6. The van der Waals surface area contributed by atoms with Gasteiger partial charge >= 0.3 is 6.85 Å². The van der Waals surface area contributed by atoms with Crippen molar-refractivity contribution in [2.24, 2.45) is 0 Å². The highest BCUT2D eigenvalue weighted by atomic mass is 16.3. The average Bonchev–Trinajstić information content (AvgIpc) is 3.69. The number of nitrogens with zero attached hydrogens (tertiary/aromatic N) is 2. The van der Waals surface area contributed by atoms with Crippen LogP contribution in [0.1, 0.15) is 124 Å². The van der Waals surface area contributed by atoms with E-state index in [-0.39, 0.29) is 34.0 Å². The molecule has 1 fully saturated rings. The van der Waals surface area contributed by atoms with Gasteiger partial charge in [-0.15, -0.1) is 0 Å². The summed E-state index contributed by atoms with van der Waals surface area (Å²) in [5.41, 5.74) is 20.7. The summed E-state index contributed by atoms with van der Waals surface area (Å²) in [6.45, 7) is 26.6. The Labute approximate surface area is 357 Å². The predicted molar refractivity (Wildman–Crippen MR) is 257 cm³/mol. The topological polar surface area (TPSA) is 19.6 Å². The van der Waals surface area contributed by atoms with Gasteiger partial charge in [-0.05, 0) is 123 Å². The summed E-state index contributed by atoms with van der Waals surface area (Å²) in [7, 11) is 0. The molecule has 60 heavy (non-hydrogen) atoms. The summed E-state index contributed by atoms with van der Waals surface area (Å²) in [6.07, 6.45) is 4.87. The highest BCUT2D eigenvalue weighted by molar-refractivity contribution is 6.95. The Morgan fingerprint density at radius 3 is 1.92 bits per heavy atom. The Hall–Kier alpha value is -5.22. The third-order valence-corrected chi connectivity index (χ3v) is 15.5. The lowest BCUT2D eigenvalue weighted by molar-refractivity contribution is 0.199. The van der Waals surface area contributed by atoms with Crippen molar-refractivity contribution in [3.63, 3.8) is 0 Å². The lowest BCUT2D eigenvalue weighted by Crippen LogP contribution is -2.70. The first kappa shape index (κ1) is 37.8. The Bertz CT molecular complexity index is 2940. The van der Waals surface area contributed by atoms with Gasteiger partial charge in [-0.2, -0.15) is 0 Å². The van der Waals surface area contributed by atoms with Crippen LogP contribution in [0.3, 0.4) is 0 Å². The Balaban J connectivity index is 1.34. The van der Waals surface area contributed by atoms with Crippen molar-refractivity contribution in [2.75, 3.05) is 9.71 Å². The highest BCUT2D eigenvalue weighted by Crippen LogP contribution is 2.64. The van der Waals surface area contributed by atoms with Crippen molar-refractivity contribution in [1.82, 2.24) is 0 Å². The molecule has 1 saturated carbocycles. The van der Waals surface area contributed by atoms with Crippen LogP contribution in [-0.2, 0) is 21.7 Å². The summed E-state index contributed by atoms with van der Waals surface area (Å²) in [5, 5.41) is 2.43. The molecule has 1 aromatic heterocycles. The maximum atomic E-state index is 6.82. The Morgan fingerprint density at radius 1 is 0.550 bits per heavy atom. The molecule has 3 aliphatic heterocycles. The largest absolute Gasteiger partial charge is 0.456 e. The summed E-state index contributed by atoms with van der Waals surface area (Å²) in [6, 6.07) is 42.1. The average molecular weight is 787 g/mol. The minimum Gasteiger partial charge on any atom is -0.456 e. The maximum absolute atomic E-state index is 6.82. The standard InChI is InChI=1S/C56H59BN2O/c1-52(2,3)35-23-24-43(39(29-35)34-19-13-12-14-20-34)58-44-25-26-47-48(38-21-15-16-22-46(38)60-47)50(44)57-49-40(30-37(33-45(49)58)54(7,8)9)41-31-36(53(4,5)6)32-42-51(41)59(57)56(11)28-18-17-27-55(42,56)10/h12-16,19-26,29-33H,17-18,27-28H2,1-11H3. The van der Waals surface area contributed by atoms with Crippen LogP contribution in [0.4, 0.5) is 22.7 Å². The molecular formula is C56H59BN2O. The second-order valence-corrected chi connectivity index (χ2v) is 22.1. The molecule has 0 amide bonds. The third-order valence-electron chi connectivity index (χ3n) is 15.5. The number of hydrogen-bond acceptors (Lipinski definition) is 3. The monoisotopic (exact) mass is 786 g/mol. The minimum atomic E-state index is -0.0914. The smallest absolute Gasteiger partial charge is 0.329 e. The number of anilines is 4. The van der Waals surface area contributed by atoms with E-state index < -0.39 is 0 Å². The second-order valence-electron chi connectivity index (χ2n) is 22.1. The van der Waals surface area contributed by atoms with E-state index in [4.69, 9.17) is 4.42 Å². The van der Waals surface area contributed by atoms with E-state index >= 15 is 0 Å². The van der Waals surface area contributed by atoms with Gasteiger partial charge in [0.25, 0.3) is 0 Å². The molecule has 0 saturated heterocycles. The normalized spacial score (nSPS) is 20.7. The van der Waals surface area contributed by atoms with Crippen molar-refractivity contribution in [2.45, 2.75) is 129 Å². The lowest BCUT2D eigenvalue weighted by atomic mass is 9.41. The Kier molecular flexibility index (Phi) is 7.68. The van der Waals surface area contributed by atoms with E-state index in [1.165, 1.54) is 103 Å². The minimum absolute atomic E-state index is 0.00117. The number of rotatable bonds is 2. The second kappa shape index (κ2) is 12.2. The fourth-order valence-corrected chi connectivity index (χ4v) is 11.8. The molecule has 2 unspecified atom stereocenters. The van der Waals surface area contributed by atoms with Gasteiger partial charge in [0, 0.05) is 49.9 Å². The first-order chi connectivity index (χ1) is 28.4. The molecule has 7 aromatic rings. The molecule has 11 rings (SSSR count). The van der Waals surface area contributed by atoms with Gasteiger partial charge in [-0.25, -0.2) is 0 Å². The van der Waals surface area contributed by atoms with Crippen LogP contribution >= 0.6 is 0 Å². The van der Waals surface area contributed by atoms with Crippen LogP contribution in [0.2, 0.25) is 0 Å². The summed E-state index contributed by atoms with van der Waals surface area (Å²) in [5.74, 6) is 0. The van der Waals surface area contributed by atoms with Crippen molar-refractivity contribution in [1.29, 1.82) is 0 Å². The number of furan rings is 1. The van der Waals surface area contributed by atoms with Crippen LogP contribution in [0.15, 0.2) is 114 Å². The van der Waals surface area contributed by atoms with Gasteiger partial charge in [0.05, 0.1) is 5.69 Å². The quantitative estimate of drug-likeness (QED) is 0.163. The van der Waals surface area contributed by atoms with Gasteiger partial charge in [0.15, 0.2) is 0 Å². The molecule has 3 nitrogen and oxygen atoms in total. The molecule has 0 spiro atoms. The maximum Gasteiger partial charge on any atom is 0.329 e. The van der Waals surface area contributed by atoms with Crippen molar-refractivity contribution < 1.29 is 4.42 Å². The first-order valence-corrected chi connectivity index (χ1v) is 22.5. The van der Waals surface area contributed by atoms with Crippen molar-refractivity contribution in [3.05, 3.63) is 131 Å². The lowest BCUT2D eigenvalue weighted by Gasteiger charge is -2.55. The number of para-hydroxylation sites is 1. The molecular weight excluding hydrogens is 727 g/mol. The van der Waals surface area contributed by atoms with Crippen LogP contribution in [0, 0.1) is 0 Å². The SMILES string of the molecule is CC(C)(C)c1ccc(N2c3cc(C(C)(C)C)cc4c3B(c3c2ccc2oc5ccccc5c32)N2c3c-4cc(C(C)(C)C)cc3C3(C)CCCCC23C)c(-c2ccccc2)c1. The van der Waals surface area contributed by atoms with Crippen LogP contribution in [0.25, 0.3) is 44.2 Å². The fraction of sp³-hybridized carbons (Fsp3) is 0.357. The van der Waals surface area contributed by atoms with Crippen LogP contribution in [0.5, 0.6) is 0 Å². The molecule has 2 atom stereocenters. The van der Waals surface area contributed by atoms with Gasteiger partial charge in [0.1, 0.15) is 11.2 Å². The molecule has 302 valence electrons. The molecule has 4 aliphatic rings. The number of fused-ring (bicyclic) bond motifs is 11. The molecule has 0 radical (unpaired) electrons.